The lowest BCUT2D eigenvalue weighted by atomic mass is 10.0. The molecule has 0 aliphatic carbocycles. The Bertz CT molecular complexity index is 649. The van der Waals surface area contributed by atoms with Crippen molar-refractivity contribution < 1.29 is 14.3 Å². The summed E-state index contributed by atoms with van der Waals surface area (Å²) < 4.78 is 12.4. The van der Waals surface area contributed by atoms with Gasteiger partial charge in [0.15, 0.2) is 5.79 Å². The first-order chi connectivity index (χ1) is 11.7. The summed E-state index contributed by atoms with van der Waals surface area (Å²) in [5.41, 5.74) is 2.29. The monoisotopic (exact) mass is 364 g/mol. The van der Waals surface area contributed by atoms with Crippen molar-refractivity contribution in [1.29, 1.82) is 0 Å². The van der Waals surface area contributed by atoms with Crippen molar-refractivity contribution in [2.75, 3.05) is 32.1 Å². The van der Waals surface area contributed by atoms with E-state index in [0.717, 1.165) is 28.7 Å². The summed E-state index contributed by atoms with van der Waals surface area (Å²) in [6.45, 7) is 2.76. The summed E-state index contributed by atoms with van der Waals surface area (Å²) in [4.78, 5) is 19.0. The number of thioether (sulfide) groups is 2. The zero-order chi connectivity index (χ0) is 16.4. The molecule has 1 aromatic rings. The number of likely N-dealkylation sites (tertiary alicyclic amines) is 1. The van der Waals surface area contributed by atoms with Gasteiger partial charge in [0, 0.05) is 31.7 Å². The third kappa shape index (κ3) is 3.49. The normalized spacial score (nSPS) is 22.3. The van der Waals surface area contributed by atoms with Gasteiger partial charge in [-0.25, -0.2) is 4.99 Å². The number of ether oxygens (including phenoxy) is 2. The molecule has 0 aromatic heterocycles. The highest BCUT2D eigenvalue weighted by Crippen LogP contribution is 2.35. The molecule has 1 spiro atoms. The molecule has 0 unspecified atom stereocenters. The molecule has 3 aliphatic heterocycles. The Morgan fingerprint density at radius 2 is 2.00 bits per heavy atom. The van der Waals surface area contributed by atoms with E-state index in [1.807, 2.05) is 23.1 Å². The number of aliphatic imine (C=N–C) groups is 1. The highest BCUT2D eigenvalue weighted by atomic mass is 32.2. The third-order valence-electron chi connectivity index (χ3n) is 4.57. The fourth-order valence-electron chi connectivity index (χ4n) is 3.18. The van der Waals surface area contributed by atoms with Gasteiger partial charge in [-0.2, -0.15) is 0 Å². The minimum Gasteiger partial charge on any atom is -0.347 e. The molecule has 2 saturated heterocycles. The number of para-hydroxylation sites is 1. The first kappa shape index (κ1) is 16.4. The van der Waals surface area contributed by atoms with E-state index in [0.29, 0.717) is 32.1 Å². The largest absolute Gasteiger partial charge is 0.347 e. The number of amides is 1. The summed E-state index contributed by atoms with van der Waals surface area (Å²) in [6.07, 6.45) is 1.54. The van der Waals surface area contributed by atoms with Crippen molar-refractivity contribution >= 4 is 39.5 Å². The Labute approximate surface area is 150 Å². The minimum atomic E-state index is -0.420. The molecule has 128 valence electrons. The fraction of sp³-hybridized carbons (Fsp3) is 0.529. The van der Waals surface area contributed by atoms with Crippen molar-refractivity contribution in [3.05, 3.63) is 29.8 Å². The molecule has 0 atom stereocenters. The molecule has 3 aliphatic rings. The van der Waals surface area contributed by atoms with E-state index in [-0.39, 0.29) is 5.91 Å². The number of rotatable bonds is 2. The van der Waals surface area contributed by atoms with Crippen LogP contribution in [0.1, 0.15) is 18.4 Å². The smallest absolute Gasteiger partial charge is 0.233 e. The minimum absolute atomic E-state index is 0.176. The summed E-state index contributed by atoms with van der Waals surface area (Å²) in [7, 11) is 0. The lowest BCUT2D eigenvalue weighted by Gasteiger charge is -2.37. The zero-order valence-electron chi connectivity index (χ0n) is 13.4. The molecule has 2 fully saturated rings. The lowest BCUT2D eigenvalue weighted by Crippen LogP contribution is -2.47. The van der Waals surface area contributed by atoms with Crippen LogP contribution in [0.25, 0.3) is 0 Å². The van der Waals surface area contributed by atoms with Gasteiger partial charge in [0.1, 0.15) is 4.38 Å². The molecule has 0 saturated carbocycles. The molecule has 1 amide bonds. The summed E-state index contributed by atoms with van der Waals surface area (Å²) >= 11 is 3.26. The van der Waals surface area contributed by atoms with Gasteiger partial charge in [-0.3, -0.25) is 4.79 Å². The van der Waals surface area contributed by atoms with Gasteiger partial charge in [-0.15, -0.1) is 0 Å². The van der Waals surface area contributed by atoms with Crippen molar-refractivity contribution in [2.45, 2.75) is 24.4 Å². The van der Waals surface area contributed by atoms with Crippen LogP contribution in [0.2, 0.25) is 0 Å². The second-order valence-electron chi connectivity index (χ2n) is 6.07. The molecule has 1 aromatic carbocycles. The molecule has 5 nitrogen and oxygen atoms in total. The van der Waals surface area contributed by atoms with E-state index in [1.54, 1.807) is 23.5 Å². The molecule has 4 rings (SSSR count). The van der Waals surface area contributed by atoms with E-state index in [1.165, 1.54) is 5.56 Å². The Morgan fingerprint density at radius 3 is 2.79 bits per heavy atom. The Balaban J connectivity index is 1.29. The molecule has 0 N–H and O–H groups in total. The molecule has 0 radical (unpaired) electrons. The first-order valence-corrected chi connectivity index (χ1v) is 10.2. The van der Waals surface area contributed by atoms with E-state index in [4.69, 9.17) is 9.47 Å². The predicted octanol–water partition coefficient (Wildman–Crippen LogP) is 3.02. The van der Waals surface area contributed by atoms with Gasteiger partial charge in [-0.05, 0) is 11.6 Å². The molecule has 3 heterocycles. The zero-order valence-corrected chi connectivity index (χ0v) is 15.0. The van der Waals surface area contributed by atoms with Gasteiger partial charge in [0.2, 0.25) is 5.91 Å². The average molecular weight is 364 g/mol. The quantitative estimate of drug-likeness (QED) is 0.807. The van der Waals surface area contributed by atoms with Crippen molar-refractivity contribution in [2.24, 2.45) is 4.99 Å². The standard InChI is InChI=1S/C17H20N2O3S2/c20-15(19-7-5-17(6-8-19)21-9-10-22-17)12-24-16-18-14-4-2-1-3-13(14)11-23-16/h1-4H,5-12H2. The second-order valence-corrected chi connectivity index (χ2v) is 8.26. The maximum absolute atomic E-state index is 12.4. The number of nitrogens with zero attached hydrogens (tertiary/aromatic N) is 2. The van der Waals surface area contributed by atoms with Crippen LogP contribution in [-0.4, -0.2) is 53.0 Å². The maximum Gasteiger partial charge on any atom is 0.233 e. The number of carbonyl (C=O) groups excluding carboxylic acids is 1. The van der Waals surface area contributed by atoms with Crippen LogP contribution in [0.15, 0.2) is 29.3 Å². The summed E-state index contributed by atoms with van der Waals surface area (Å²) in [5, 5.41) is 0. The van der Waals surface area contributed by atoms with Gasteiger partial charge >= 0.3 is 0 Å². The third-order valence-corrected chi connectivity index (χ3v) is 6.80. The molecular formula is C17H20N2O3S2. The van der Waals surface area contributed by atoms with Crippen LogP contribution in [0.5, 0.6) is 0 Å². The lowest BCUT2D eigenvalue weighted by molar-refractivity contribution is -0.186. The fourth-order valence-corrected chi connectivity index (χ4v) is 5.15. The highest BCUT2D eigenvalue weighted by molar-refractivity contribution is 8.38. The van der Waals surface area contributed by atoms with Crippen LogP contribution < -0.4 is 0 Å². The van der Waals surface area contributed by atoms with Crippen LogP contribution in [0.4, 0.5) is 5.69 Å². The first-order valence-electron chi connectivity index (χ1n) is 8.22. The molecule has 24 heavy (non-hydrogen) atoms. The van der Waals surface area contributed by atoms with Crippen LogP contribution in [0, 0.1) is 0 Å². The predicted molar refractivity (Wildman–Crippen MR) is 97.7 cm³/mol. The number of hydrogen-bond acceptors (Lipinski definition) is 6. The van der Waals surface area contributed by atoms with Crippen LogP contribution in [0.3, 0.4) is 0 Å². The number of piperidine rings is 1. The van der Waals surface area contributed by atoms with Gasteiger partial charge in [0.05, 0.1) is 24.7 Å². The number of benzene rings is 1. The van der Waals surface area contributed by atoms with E-state index in [9.17, 15) is 4.79 Å². The van der Waals surface area contributed by atoms with Gasteiger partial charge in [0.25, 0.3) is 0 Å². The number of fused-ring (bicyclic) bond motifs is 1. The topological polar surface area (TPSA) is 51.1 Å². The van der Waals surface area contributed by atoms with E-state index >= 15 is 0 Å². The Hall–Kier alpha value is -1.02. The van der Waals surface area contributed by atoms with Crippen LogP contribution in [-0.2, 0) is 20.0 Å². The van der Waals surface area contributed by atoms with Crippen molar-refractivity contribution in [3.63, 3.8) is 0 Å². The average Bonchev–Trinajstić information content (AvgIpc) is 3.08. The molecule has 7 heteroatoms. The summed E-state index contributed by atoms with van der Waals surface area (Å²) in [5.74, 6) is 1.13. The molecule has 0 bridgehead atoms. The molecular weight excluding hydrogens is 344 g/mol. The van der Waals surface area contributed by atoms with Gasteiger partial charge in [-0.1, -0.05) is 41.7 Å². The van der Waals surface area contributed by atoms with Crippen molar-refractivity contribution in [1.82, 2.24) is 4.90 Å². The number of hydrogen-bond donors (Lipinski definition) is 0. The van der Waals surface area contributed by atoms with Gasteiger partial charge < -0.3 is 14.4 Å². The van der Waals surface area contributed by atoms with E-state index in [2.05, 4.69) is 11.1 Å². The summed E-state index contributed by atoms with van der Waals surface area (Å²) in [6, 6.07) is 8.18. The Morgan fingerprint density at radius 1 is 1.25 bits per heavy atom. The SMILES string of the molecule is O=C(CSC1=Nc2ccccc2CS1)N1CCC2(CC1)OCCO2. The highest BCUT2D eigenvalue weighted by Gasteiger charge is 2.40. The Kier molecular flexibility index (Phi) is 4.85. The second kappa shape index (κ2) is 7.07. The maximum atomic E-state index is 12.4. The van der Waals surface area contributed by atoms with E-state index < -0.39 is 5.79 Å². The van der Waals surface area contributed by atoms with Crippen LogP contribution >= 0.6 is 23.5 Å². The van der Waals surface area contributed by atoms with Crippen molar-refractivity contribution in [3.8, 4) is 0 Å². The number of carbonyl (C=O) groups is 1.